The number of carbonyl (C=O) groups excluding carboxylic acids is 2. The highest BCUT2D eigenvalue weighted by molar-refractivity contribution is 7.45. The third kappa shape index (κ3) is 37.5. The molecule has 0 saturated carbocycles. The number of unbranched alkanes of at least 4 members (excludes halogenated alkanes) is 16. The van der Waals surface area contributed by atoms with Crippen LogP contribution in [0.15, 0.2) is 48.6 Å². The highest BCUT2D eigenvalue weighted by Crippen LogP contribution is 2.38. The van der Waals surface area contributed by atoms with E-state index in [2.05, 4.69) is 62.1 Å². The highest BCUT2D eigenvalue weighted by Gasteiger charge is 2.21. The zero-order valence-corrected chi connectivity index (χ0v) is 33.3. The van der Waals surface area contributed by atoms with Crippen LogP contribution in [0.2, 0.25) is 0 Å². The van der Waals surface area contributed by atoms with Crippen molar-refractivity contribution >= 4 is 19.8 Å². The standard InChI is InChI=1S/C41H74NO8P/c1-3-5-7-9-11-13-15-17-18-19-20-22-24-26-28-30-32-34-41(44)50-39(38-49-51(45,46)48-36-35-42)37-47-40(43)33-31-29-27-25-23-21-16-14-12-10-8-6-4-2/h11,13,17-18,20,22,26,28,39H,3-10,12,14-16,19,21,23-25,27,29-38,42H2,1-2H3,(H,45,46)/b13-11+,18-17+,22-20+,28-26+/t39-/m1/s1. The van der Waals surface area contributed by atoms with Crippen molar-refractivity contribution in [3.05, 3.63) is 48.6 Å². The molecule has 0 amide bonds. The van der Waals surface area contributed by atoms with Crippen molar-refractivity contribution in [3.8, 4) is 0 Å². The first-order valence-corrected chi connectivity index (χ1v) is 21.6. The molecule has 0 aliphatic carbocycles. The van der Waals surface area contributed by atoms with Crippen LogP contribution in [-0.4, -0.2) is 44.4 Å². The molecule has 0 aliphatic rings. The third-order valence-corrected chi connectivity index (χ3v) is 9.20. The summed E-state index contributed by atoms with van der Waals surface area (Å²) in [5.74, 6) is -0.912. The van der Waals surface area contributed by atoms with Gasteiger partial charge >= 0.3 is 11.9 Å². The Morgan fingerprint density at radius 1 is 0.588 bits per heavy atom. The van der Waals surface area contributed by atoms with E-state index in [0.717, 1.165) is 38.5 Å². The Labute approximate surface area is 311 Å². The van der Waals surface area contributed by atoms with Gasteiger partial charge in [0, 0.05) is 12.8 Å². The maximum atomic E-state index is 12.5. The molecule has 0 aromatic carbocycles. The Balaban J connectivity index is 4.30. The second-order valence-corrected chi connectivity index (χ2v) is 14.6. The predicted molar refractivity (Wildman–Crippen MR) is 207 cm³/mol. The van der Waals surface area contributed by atoms with E-state index in [9.17, 15) is 19.0 Å². The fourth-order valence-electron chi connectivity index (χ4n) is 5.22. The second kappa shape index (κ2) is 37.7. The number of hydrogen-bond acceptors (Lipinski definition) is 8. The third-order valence-electron chi connectivity index (χ3n) is 8.23. The van der Waals surface area contributed by atoms with E-state index in [1.54, 1.807) is 0 Å². The molecule has 0 radical (unpaired) electrons. The summed E-state index contributed by atoms with van der Waals surface area (Å²) < 4.78 is 32.4. The van der Waals surface area contributed by atoms with Crippen LogP contribution < -0.4 is 10.6 Å². The lowest BCUT2D eigenvalue weighted by molar-refractivity contribution is -0.373. The molecule has 0 spiro atoms. The Kier molecular flexibility index (Phi) is 36.2. The van der Waals surface area contributed by atoms with Crippen LogP contribution >= 0.6 is 7.82 Å². The molecular weight excluding hydrogens is 665 g/mol. The summed E-state index contributed by atoms with van der Waals surface area (Å²) in [6.07, 6.45) is 41.4. The lowest BCUT2D eigenvalue weighted by atomic mass is 10.0. The van der Waals surface area contributed by atoms with Crippen LogP contribution in [0.1, 0.15) is 168 Å². The van der Waals surface area contributed by atoms with Gasteiger partial charge in [0.15, 0.2) is 6.10 Å². The van der Waals surface area contributed by atoms with Crippen LogP contribution in [0.25, 0.3) is 0 Å². The summed E-state index contributed by atoms with van der Waals surface area (Å²) in [5, 5.41) is 0. The van der Waals surface area contributed by atoms with E-state index in [1.807, 2.05) is 6.08 Å². The minimum Gasteiger partial charge on any atom is -0.756 e. The van der Waals surface area contributed by atoms with E-state index in [-0.39, 0.29) is 32.6 Å². The van der Waals surface area contributed by atoms with E-state index in [4.69, 9.17) is 18.5 Å². The van der Waals surface area contributed by atoms with Gasteiger partial charge in [0.25, 0.3) is 7.82 Å². The van der Waals surface area contributed by atoms with Crippen LogP contribution in [-0.2, 0) is 32.7 Å². The largest absolute Gasteiger partial charge is 0.756 e. The average molecular weight is 740 g/mol. The van der Waals surface area contributed by atoms with Gasteiger partial charge in [-0.05, 0) is 51.4 Å². The van der Waals surface area contributed by atoms with Crippen molar-refractivity contribution in [2.24, 2.45) is 0 Å². The minimum atomic E-state index is -4.60. The van der Waals surface area contributed by atoms with Crippen LogP contribution in [0.4, 0.5) is 0 Å². The normalized spacial score (nSPS) is 13.9. The van der Waals surface area contributed by atoms with E-state index in [0.29, 0.717) is 12.8 Å². The number of quaternary nitrogens is 1. The Hall–Kier alpha value is -2.03. The maximum Gasteiger partial charge on any atom is 0.306 e. The van der Waals surface area contributed by atoms with Gasteiger partial charge in [-0.1, -0.05) is 152 Å². The summed E-state index contributed by atoms with van der Waals surface area (Å²) in [4.78, 5) is 36.9. The van der Waals surface area contributed by atoms with Gasteiger partial charge < -0.3 is 29.1 Å². The molecule has 0 saturated heterocycles. The zero-order chi connectivity index (χ0) is 37.5. The van der Waals surface area contributed by atoms with E-state index in [1.165, 1.54) is 89.9 Å². The number of ether oxygens (including phenoxy) is 2. The number of phosphoric acid groups is 1. The smallest absolute Gasteiger partial charge is 0.306 e. The van der Waals surface area contributed by atoms with Crippen molar-refractivity contribution in [3.63, 3.8) is 0 Å². The number of hydrogen-bond donors (Lipinski definition) is 1. The number of esters is 2. The molecule has 2 atom stereocenters. The highest BCUT2D eigenvalue weighted by atomic mass is 31.2. The summed E-state index contributed by atoms with van der Waals surface area (Å²) in [6.45, 7) is 3.83. The lowest BCUT2D eigenvalue weighted by Crippen LogP contribution is -2.52. The van der Waals surface area contributed by atoms with Crippen molar-refractivity contribution in [1.29, 1.82) is 0 Å². The molecule has 296 valence electrons. The molecule has 0 aliphatic heterocycles. The van der Waals surface area contributed by atoms with Gasteiger partial charge in [0.05, 0.1) is 13.2 Å². The molecule has 0 aromatic rings. The maximum absolute atomic E-state index is 12.5. The Bertz CT molecular complexity index is 981. The fraction of sp³-hybridized carbons (Fsp3) is 0.756. The van der Waals surface area contributed by atoms with Gasteiger partial charge in [-0.3, -0.25) is 14.2 Å². The van der Waals surface area contributed by atoms with Crippen molar-refractivity contribution in [1.82, 2.24) is 0 Å². The van der Waals surface area contributed by atoms with Crippen molar-refractivity contribution in [2.45, 2.75) is 174 Å². The molecule has 51 heavy (non-hydrogen) atoms. The molecule has 9 nitrogen and oxygen atoms in total. The van der Waals surface area contributed by atoms with Crippen LogP contribution in [0, 0.1) is 0 Å². The van der Waals surface area contributed by atoms with Gasteiger partial charge in [0.2, 0.25) is 0 Å². The quantitative estimate of drug-likeness (QED) is 0.0288. The van der Waals surface area contributed by atoms with Crippen molar-refractivity contribution < 1.29 is 43.3 Å². The lowest BCUT2D eigenvalue weighted by Gasteiger charge is -2.25. The summed E-state index contributed by atoms with van der Waals surface area (Å²) in [5.41, 5.74) is 3.54. The SMILES string of the molecule is CCCCC/C=C/C/C=C/C/C=C/C/C=C/CCCC(=O)O[C@H](COC(=O)CCCCCCCCCCCCCCC)COP(=O)([O-])OCC[NH3+]. The van der Waals surface area contributed by atoms with Gasteiger partial charge in [-0.25, -0.2) is 0 Å². The number of phosphoric ester groups is 1. The summed E-state index contributed by atoms with van der Waals surface area (Å²) >= 11 is 0. The first kappa shape index (κ1) is 49.0. The monoisotopic (exact) mass is 740 g/mol. The van der Waals surface area contributed by atoms with Gasteiger partial charge in [-0.15, -0.1) is 0 Å². The molecular formula is C41H74NO8P. The average Bonchev–Trinajstić information content (AvgIpc) is 3.11. The molecule has 0 rings (SSSR count). The Morgan fingerprint density at radius 2 is 1.04 bits per heavy atom. The number of rotatable bonds is 37. The predicted octanol–water partition coefficient (Wildman–Crippen LogP) is 9.81. The fourth-order valence-corrected chi connectivity index (χ4v) is 6.00. The molecule has 1 unspecified atom stereocenters. The minimum absolute atomic E-state index is 0.114. The second-order valence-electron chi connectivity index (χ2n) is 13.2. The van der Waals surface area contributed by atoms with Gasteiger partial charge in [-0.2, -0.15) is 0 Å². The number of allylic oxidation sites excluding steroid dienone is 8. The molecule has 0 fully saturated rings. The molecule has 0 heterocycles. The first-order valence-electron chi connectivity index (χ1n) is 20.2. The number of carbonyl (C=O) groups is 2. The van der Waals surface area contributed by atoms with Gasteiger partial charge in [0.1, 0.15) is 13.2 Å². The zero-order valence-electron chi connectivity index (χ0n) is 32.4. The molecule has 0 aromatic heterocycles. The van der Waals surface area contributed by atoms with Crippen LogP contribution in [0.5, 0.6) is 0 Å². The summed E-state index contributed by atoms with van der Waals surface area (Å²) in [6, 6.07) is 0. The van der Waals surface area contributed by atoms with Crippen molar-refractivity contribution in [2.75, 3.05) is 26.4 Å². The molecule has 3 N–H and O–H groups in total. The molecule has 0 bridgehead atoms. The van der Waals surface area contributed by atoms with Crippen LogP contribution in [0.3, 0.4) is 0 Å². The summed E-state index contributed by atoms with van der Waals surface area (Å²) in [7, 11) is -4.60. The molecule has 10 heteroatoms. The Morgan fingerprint density at radius 3 is 1.57 bits per heavy atom. The van der Waals surface area contributed by atoms with E-state index < -0.39 is 32.5 Å². The topological polar surface area (TPSA) is 139 Å². The van der Waals surface area contributed by atoms with E-state index >= 15 is 0 Å². The first-order chi connectivity index (χ1) is 24.8.